The highest BCUT2D eigenvalue weighted by Gasteiger charge is 2.22. The standard InChI is InChI=1S/C16H19N3O3S/c1-21-13-4-3-5-14(22-2)11(13)8-19-7-6-10-12(9-19)17-16(23)18-15(10)20/h3-5H,6-9H2,1-2H3,(H2,17,18,20,23). The fourth-order valence-corrected chi connectivity index (χ4v) is 3.19. The van der Waals surface area contributed by atoms with Crippen LogP contribution in [0.1, 0.15) is 16.8 Å². The third-order valence-corrected chi connectivity index (χ3v) is 4.31. The zero-order valence-electron chi connectivity index (χ0n) is 13.1. The van der Waals surface area contributed by atoms with E-state index in [0.717, 1.165) is 34.9 Å². The molecule has 1 aromatic carbocycles. The van der Waals surface area contributed by atoms with Crippen molar-refractivity contribution < 1.29 is 9.47 Å². The van der Waals surface area contributed by atoms with Gasteiger partial charge in [-0.2, -0.15) is 0 Å². The van der Waals surface area contributed by atoms with E-state index < -0.39 is 0 Å². The van der Waals surface area contributed by atoms with Crippen LogP contribution < -0.4 is 15.0 Å². The number of hydrogen-bond donors (Lipinski definition) is 2. The molecule has 0 saturated carbocycles. The molecule has 0 aliphatic carbocycles. The van der Waals surface area contributed by atoms with E-state index in [1.54, 1.807) is 14.2 Å². The molecule has 0 fully saturated rings. The molecule has 0 bridgehead atoms. The first-order valence-corrected chi connectivity index (χ1v) is 7.79. The van der Waals surface area contributed by atoms with Crippen molar-refractivity contribution in [1.82, 2.24) is 14.9 Å². The number of nitrogens with zero attached hydrogens (tertiary/aromatic N) is 1. The molecule has 122 valence electrons. The minimum Gasteiger partial charge on any atom is -0.496 e. The average molecular weight is 333 g/mol. The molecule has 6 nitrogen and oxygen atoms in total. The van der Waals surface area contributed by atoms with Gasteiger partial charge in [-0.25, -0.2) is 0 Å². The number of benzene rings is 1. The second-order valence-electron chi connectivity index (χ2n) is 5.47. The Bertz CT molecular complexity index is 806. The van der Waals surface area contributed by atoms with Crippen molar-refractivity contribution in [2.24, 2.45) is 0 Å². The SMILES string of the molecule is COc1cccc(OC)c1CN1CCc2c([nH]c(=S)[nH]c2=O)C1. The summed E-state index contributed by atoms with van der Waals surface area (Å²) in [7, 11) is 3.31. The Morgan fingerprint density at radius 2 is 1.91 bits per heavy atom. The molecule has 0 radical (unpaired) electrons. The van der Waals surface area contributed by atoms with Gasteiger partial charge in [-0.15, -0.1) is 0 Å². The maximum atomic E-state index is 11.9. The number of hydrogen-bond acceptors (Lipinski definition) is 5. The van der Waals surface area contributed by atoms with Crippen molar-refractivity contribution >= 4 is 12.2 Å². The summed E-state index contributed by atoms with van der Waals surface area (Å²) in [5.41, 5.74) is 2.60. The van der Waals surface area contributed by atoms with E-state index in [-0.39, 0.29) is 5.56 Å². The van der Waals surface area contributed by atoms with Crippen LogP contribution in [-0.4, -0.2) is 35.6 Å². The molecule has 0 spiro atoms. The van der Waals surface area contributed by atoms with Gasteiger partial charge in [0.1, 0.15) is 11.5 Å². The van der Waals surface area contributed by atoms with Crippen molar-refractivity contribution in [3.8, 4) is 11.5 Å². The number of methoxy groups -OCH3 is 2. The minimum atomic E-state index is -0.0849. The van der Waals surface area contributed by atoms with Crippen LogP contribution in [0.2, 0.25) is 0 Å². The van der Waals surface area contributed by atoms with E-state index in [1.807, 2.05) is 18.2 Å². The number of ether oxygens (including phenoxy) is 2. The fraction of sp³-hybridized carbons (Fsp3) is 0.375. The second kappa shape index (κ2) is 6.55. The van der Waals surface area contributed by atoms with Crippen LogP contribution in [-0.2, 0) is 19.5 Å². The third kappa shape index (κ3) is 3.16. The highest BCUT2D eigenvalue weighted by molar-refractivity contribution is 7.71. The van der Waals surface area contributed by atoms with Crippen LogP contribution >= 0.6 is 12.2 Å². The molecule has 0 amide bonds. The Kier molecular flexibility index (Phi) is 4.49. The molecule has 1 aliphatic heterocycles. The molecular formula is C16H19N3O3S. The quantitative estimate of drug-likeness (QED) is 0.838. The molecule has 2 aromatic rings. The predicted octanol–water partition coefficient (Wildman–Crippen LogP) is 2.01. The lowest BCUT2D eigenvalue weighted by molar-refractivity contribution is 0.232. The monoisotopic (exact) mass is 333 g/mol. The molecule has 1 aliphatic rings. The number of nitrogens with one attached hydrogen (secondary N) is 2. The van der Waals surface area contributed by atoms with Gasteiger partial charge >= 0.3 is 0 Å². The maximum absolute atomic E-state index is 11.9. The number of H-pyrrole nitrogens is 2. The predicted molar refractivity (Wildman–Crippen MR) is 89.6 cm³/mol. The summed E-state index contributed by atoms with van der Waals surface area (Å²) in [5.74, 6) is 1.60. The van der Waals surface area contributed by atoms with Crippen molar-refractivity contribution in [2.45, 2.75) is 19.5 Å². The molecule has 2 heterocycles. The van der Waals surface area contributed by atoms with E-state index in [1.165, 1.54) is 0 Å². The Morgan fingerprint density at radius 3 is 2.57 bits per heavy atom. The average Bonchev–Trinajstić information content (AvgIpc) is 2.54. The van der Waals surface area contributed by atoms with Gasteiger partial charge in [0.15, 0.2) is 4.77 Å². The number of fused-ring (bicyclic) bond motifs is 1. The summed E-state index contributed by atoms with van der Waals surface area (Å²) >= 11 is 5.06. The van der Waals surface area contributed by atoms with E-state index in [4.69, 9.17) is 21.7 Å². The van der Waals surface area contributed by atoms with Gasteiger partial charge in [-0.3, -0.25) is 14.7 Å². The summed E-state index contributed by atoms with van der Waals surface area (Å²) in [5, 5.41) is 0. The van der Waals surface area contributed by atoms with Crippen molar-refractivity contribution in [1.29, 1.82) is 0 Å². The summed E-state index contributed by atoms with van der Waals surface area (Å²) in [4.78, 5) is 19.9. The molecule has 0 saturated heterocycles. The molecule has 7 heteroatoms. The Balaban J connectivity index is 1.88. The third-order valence-electron chi connectivity index (χ3n) is 4.10. The first-order chi connectivity index (χ1) is 11.1. The lowest BCUT2D eigenvalue weighted by atomic mass is 10.1. The van der Waals surface area contributed by atoms with Crippen molar-refractivity contribution in [3.63, 3.8) is 0 Å². The van der Waals surface area contributed by atoms with E-state index >= 15 is 0 Å². The van der Waals surface area contributed by atoms with Crippen molar-refractivity contribution in [2.75, 3.05) is 20.8 Å². The smallest absolute Gasteiger partial charge is 0.255 e. The zero-order chi connectivity index (χ0) is 16.4. The van der Waals surface area contributed by atoms with Gasteiger partial charge in [0.2, 0.25) is 0 Å². The van der Waals surface area contributed by atoms with Gasteiger partial charge in [-0.1, -0.05) is 6.07 Å². The maximum Gasteiger partial charge on any atom is 0.255 e. The first-order valence-electron chi connectivity index (χ1n) is 7.39. The highest BCUT2D eigenvalue weighted by Crippen LogP contribution is 2.30. The van der Waals surface area contributed by atoms with E-state index in [0.29, 0.717) is 24.3 Å². The Hall–Kier alpha value is -2.12. The van der Waals surface area contributed by atoms with Crippen LogP contribution in [0.3, 0.4) is 0 Å². The first kappa shape index (κ1) is 15.8. The largest absolute Gasteiger partial charge is 0.496 e. The lowest BCUT2D eigenvalue weighted by Crippen LogP contribution is -2.35. The minimum absolute atomic E-state index is 0.0849. The molecule has 2 N–H and O–H groups in total. The summed E-state index contributed by atoms with van der Waals surface area (Å²) in [6, 6.07) is 5.76. The fourth-order valence-electron chi connectivity index (χ4n) is 2.97. The van der Waals surface area contributed by atoms with E-state index in [9.17, 15) is 4.79 Å². The topological polar surface area (TPSA) is 70.3 Å². The number of aromatic nitrogens is 2. The van der Waals surface area contributed by atoms with Gasteiger partial charge in [0, 0.05) is 30.9 Å². The molecule has 23 heavy (non-hydrogen) atoms. The second-order valence-corrected chi connectivity index (χ2v) is 5.88. The van der Waals surface area contributed by atoms with Crippen LogP contribution in [0.15, 0.2) is 23.0 Å². The number of aromatic amines is 2. The van der Waals surface area contributed by atoms with Gasteiger partial charge in [0.25, 0.3) is 5.56 Å². The summed E-state index contributed by atoms with van der Waals surface area (Å²) in [6.45, 7) is 2.12. The van der Waals surface area contributed by atoms with Crippen LogP contribution in [0.4, 0.5) is 0 Å². The molecule has 3 rings (SSSR count). The molecular weight excluding hydrogens is 314 g/mol. The highest BCUT2D eigenvalue weighted by atomic mass is 32.1. The molecule has 0 unspecified atom stereocenters. The van der Waals surface area contributed by atoms with Crippen LogP contribution in [0.5, 0.6) is 11.5 Å². The van der Waals surface area contributed by atoms with Gasteiger partial charge in [-0.05, 0) is 30.8 Å². The normalized spacial score (nSPS) is 14.3. The zero-order valence-corrected chi connectivity index (χ0v) is 14.0. The number of rotatable bonds is 4. The Labute approximate surface area is 139 Å². The van der Waals surface area contributed by atoms with Crippen LogP contribution in [0.25, 0.3) is 0 Å². The summed E-state index contributed by atoms with van der Waals surface area (Å²) < 4.78 is 11.3. The molecule has 1 aromatic heterocycles. The Morgan fingerprint density at radius 1 is 1.22 bits per heavy atom. The van der Waals surface area contributed by atoms with E-state index in [2.05, 4.69) is 14.9 Å². The van der Waals surface area contributed by atoms with Gasteiger partial charge in [0.05, 0.1) is 19.8 Å². The van der Waals surface area contributed by atoms with Crippen LogP contribution in [0, 0.1) is 4.77 Å². The lowest BCUT2D eigenvalue weighted by Gasteiger charge is -2.28. The molecule has 0 atom stereocenters. The van der Waals surface area contributed by atoms with Crippen molar-refractivity contribution in [3.05, 3.63) is 50.1 Å². The van der Waals surface area contributed by atoms with Gasteiger partial charge < -0.3 is 14.5 Å². The summed E-state index contributed by atoms with van der Waals surface area (Å²) in [6.07, 6.45) is 0.689.